The molecule has 0 aliphatic heterocycles. The quantitative estimate of drug-likeness (QED) is 0.150. The summed E-state index contributed by atoms with van der Waals surface area (Å²) in [4.78, 5) is 14.7. The lowest BCUT2D eigenvalue weighted by Gasteiger charge is -2.32. The number of fused-ring (bicyclic) bond motifs is 1. The number of aromatic nitrogens is 3. The molecule has 51 heavy (non-hydrogen) atoms. The average molecular weight is 684 g/mol. The van der Waals surface area contributed by atoms with Crippen LogP contribution in [0.25, 0.3) is 67.2 Å². The Morgan fingerprint density at radius 1 is 0.392 bits per heavy atom. The number of hydrogen-bond acceptors (Lipinski definition) is 3. The minimum absolute atomic E-state index is 0.286. The van der Waals surface area contributed by atoms with Crippen LogP contribution in [0, 0.1) is 10.8 Å². The molecule has 0 fully saturated rings. The van der Waals surface area contributed by atoms with Crippen LogP contribution in [0.3, 0.4) is 0 Å². The summed E-state index contributed by atoms with van der Waals surface area (Å²) in [6.45, 7) is 14.3. The minimum Gasteiger partial charge on any atom is -0.208 e. The summed E-state index contributed by atoms with van der Waals surface area (Å²) in [5, 5.41) is 4.02. The Labute approximate surface area is 304 Å². The highest BCUT2D eigenvalue weighted by atomic mass is 31.1. The van der Waals surface area contributed by atoms with Crippen molar-refractivity contribution in [2.24, 2.45) is 10.8 Å². The third-order valence-electron chi connectivity index (χ3n) is 8.93. The van der Waals surface area contributed by atoms with E-state index in [2.05, 4.69) is 126 Å². The van der Waals surface area contributed by atoms with Gasteiger partial charge in [0.05, 0.1) is 0 Å². The second kappa shape index (κ2) is 14.3. The molecule has 0 radical (unpaired) electrons. The van der Waals surface area contributed by atoms with Gasteiger partial charge in [0.15, 0.2) is 17.5 Å². The van der Waals surface area contributed by atoms with E-state index in [1.54, 1.807) is 0 Å². The monoisotopic (exact) mass is 683 g/mol. The van der Waals surface area contributed by atoms with Gasteiger partial charge in [-0.15, -0.1) is 0 Å². The van der Waals surface area contributed by atoms with Gasteiger partial charge in [0.1, 0.15) is 0 Å². The molecular formula is C47H46N3P. The van der Waals surface area contributed by atoms with E-state index in [0.29, 0.717) is 17.5 Å². The van der Waals surface area contributed by atoms with Gasteiger partial charge in [-0.05, 0) is 67.6 Å². The third kappa shape index (κ3) is 8.16. The lowest BCUT2D eigenvalue weighted by molar-refractivity contribution is 0.460. The van der Waals surface area contributed by atoms with E-state index in [1.807, 2.05) is 60.7 Å². The van der Waals surface area contributed by atoms with Crippen molar-refractivity contribution in [3.05, 3.63) is 146 Å². The zero-order chi connectivity index (χ0) is 35.6. The maximum Gasteiger partial charge on any atom is 0.164 e. The average Bonchev–Trinajstić information content (AvgIpc) is 3.14. The van der Waals surface area contributed by atoms with Crippen LogP contribution in [0.2, 0.25) is 0 Å². The molecule has 7 rings (SSSR count). The summed E-state index contributed by atoms with van der Waals surface area (Å²) in [5.41, 5.74) is 8.40. The molecule has 0 amide bonds. The van der Waals surface area contributed by atoms with Crippen molar-refractivity contribution in [1.82, 2.24) is 15.0 Å². The Bertz CT molecular complexity index is 2190. The van der Waals surface area contributed by atoms with Crippen molar-refractivity contribution in [1.29, 1.82) is 0 Å². The SMILES string of the molecule is CC(C)(C)CP(CC(C)(C)C)c1cccc(-c2ccc(-c3ccc(-c4nc(-c5ccccc5)nc(-c5ccccc5)n4)cc3)c3ccccc23)c1. The third-order valence-corrected chi connectivity index (χ3v) is 12.6. The normalized spacial score (nSPS) is 12.1. The summed E-state index contributed by atoms with van der Waals surface area (Å²) >= 11 is 0. The molecule has 6 aromatic carbocycles. The predicted octanol–water partition coefficient (Wildman–Crippen LogP) is 12.6. The highest BCUT2D eigenvalue weighted by Gasteiger charge is 2.25. The van der Waals surface area contributed by atoms with E-state index in [9.17, 15) is 0 Å². The Morgan fingerprint density at radius 2 is 0.784 bits per heavy atom. The fourth-order valence-corrected chi connectivity index (χ4v) is 10.2. The van der Waals surface area contributed by atoms with Gasteiger partial charge in [-0.3, -0.25) is 0 Å². The number of nitrogens with zero attached hydrogens (tertiary/aromatic N) is 3. The molecule has 0 atom stereocenters. The maximum absolute atomic E-state index is 4.93. The van der Waals surface area contributed by atoms with Crippen LogP contribution in [0.15, 0.2) is 146 Å². The van der Waals surface area contributed by atoms with Crippen molar-refractivity contribution in [2.45, 2.75) is 41.5 Å². The fraction of sp³-hybridized carbons (Fsp3) is 0.213. The van der Waals surface area contributed by atoms with Crippen molar-refractivity contribution in [3.8, 4) is 56.4 Å². The standard InChI is InChI=1S/C47H46N3P/c1-46(2,3)31-51(32-47(4,5)6)38-21-15-20-37(30-38)40-29-28-39(41-22-13-14-23-42(40)41)33-24-26-36(27-25-33)45-49-43(34-16-9-7-10-17-34)48-44(50-45)35-18-11-8-12-19-35/h7-30H,31-32H2,1-6H3. The molecule has 0 unspecified atom stereocenters. The van der Waals surface area contributed by atoms with Crippen molar-refractivity contribution >= 4 is 24.0 Å². The van der Waals surface area contributed by atoms with Gasteiger partial charge >= 0.3 is 0 Å². The Hall–Kier alpha value is -4.98. The van der Waals surface area contributed by atoms with Gasteiger partial charge in [0, 0.05) is 16.7 Å². The molecule has 0 aliphatic carbocycles. The first-order valence-corrected chi connectivity index (χ1v) is 19.6. The van der Waals surface area contributed by atoms with E-state index in [0.717, 1.165) is 22.3 Å². The second-order valence-electron chi connectivity index (χ2n) is 15.8. The molecule has 0 N–H and O–H groups in total. The van der Waals surface area contributed by atoms with Crippen LogP contribution >= 0.6 is 7.92 Å². The molecule has 0 spiro atoms. The fourth-order valence-electron chi connectivity index (χ4n) is 6.79. The molecule has 0 aliphatic rings. The first kappa shape index (κ1) is 34.5. The molecule has 254 valence electrons. The van der Waals surface area contributed by atoms with E-state index in [4.69, 9.17) is 15.0 Å². The molecule has 7 aromatic rings. The van der Waals surface area contributed by atoms with Gasteiger partial charge < -0.3 is 0 Å². The summed E-state index contributed by atoms with van der Waals surface area (Å²) < 4.78 is 0. The number of rotatable bonds is 8. The molecule has 1 aromatic heterocycles. The van der Waals surface area contributed by atoms with Gasteiger partial charge in [-0.25, -0.2) is 15.0 Å². The van der Waals surface area contributed by atoms with Crippen molar-refractivity contribution in [2.75, 3.05) is 12.3 Å². The highest BCUT2D eigenvalue weighted by Crippen LogP contribution is 2.46. The maximum atomic E-state index is 4.93. The zero-order valence-corrected chi connectivity index (χ0v) is 31.5. The van der Waals surface area contributed by atoms with Gasteiger partial charge in [-0.2, -0.15) is 0 Å². The van der Waals surface area contributed by atoms with Crippen molar-refractivity contribution < 1.29 is 0 Å². The summed E-state index contributed by atoms with van der Waals surface area (Å²) in [6, 6.07) is 51.7. The summed E-state index contributed by atoms with van der Waals surface area (Å²) in [7, 11) is -0.292. The van der Waals surface area contributed by atoms with Gasteiger partial charge in [0.2, 0.25) is 0 Å². The molecule has 0 bridgehead atoms. The lowest BCUT2D eigenvalue weighted by atomic mass is 9.92. The Morgan fingerprint density at radius 3 is 1.25 bits per heavy atom. The minimum atomic E-state index is -0.292. The lowest BCUT2D eigenvalue weighted by Crippen LogP contribution is -2.22. The van der Waals surface area contributed by atoms with E-state index >= 15 is 0 Å². The van der Waals surface area contributed by atoms with Crippen LogP contribution in [0.4, 0.5) is 0 Å². The van der Waals surface area contributed by atoms with Crippen LogP contribution in [0.5, 0.6) is 0 Å². The molecule has 0 saturated carbocycles. The Balaban J connectivity index is 1.25. The molecule has 1 heterocycles. The Kier molecular flexibility index (Phi) is 9.69. The first-order valence-electron chi connectivity index (χ1n) is 17.9. The first-order chi connectivity index (χ1) is 24.5. The van der Waals surface area contributed by atoms with Crippen LogP contribution in [-0.2, 0) is 0 Å². The zero-order valence-electron chi connectivity index (χ0n) is 30.6. The summed E-state index contributed by atoms with van der Waals surface area (Å²) in [5.74, 6) is 1.99. The van der Waals surface area contributed by atoms with Gasteiger partial charge in [0.25, 0.3) is 0 Å². The highest BCUT2D eigenvalue weighted by molar-refractivity contribution is 7.65. The molecule has 4 heteroatoms. The topological polar surface area (TPSA) is 38.7 Å². The van der Waals surface area contributed by atoms with E-state index in [-0.39, 0.29) is 18.8 Å². The number of benzene rings is 6. The van der Waals surface area contributed by atoms with Crippen LogP contribution < -0.4 is 5.30 Å². The smallest absolute Gasteiger partial charge is 0.164 e. The van der Waals surface area contributed by atoms with E-state index < -0.39 is 0 Å². The number of hydrogen-bond donors (Lipinski definition) is 0. The van der Waals surface area contributed by atoms with E-state index in [1.165, 1.54) is 45.1 Å². The second-order valence-corrected chi connectivity index (χ2v) is 18.1. The van der Waals surface area contributed by atoms with Crippen molar-refractivity contribution in [3.63, 3.8) is 0 Å². The molecule has 0 saturated heterocycles. The van der Waals surface area contributed by atoms with Crippen LogP contribution in [0.1, 0.15) is 41.5 Å². The molecule has 3 nitrogen and oxygen atoms in total. The van der Waals surface area contributed by atoms with Crippen LogP contribution in [-0.4, -0.2) is 27.3 Å². The van der Waals surface area contributed by atoms with Gasteiger partial charge in [-0.1, -0.05) is 189 Å². The molecular weight excluding hydrogens is 638 g/mol. The largest absolute Gasteiger partial charge is 0.208 e. The summed E-state index contributed by atoms with van der Waals surface area (Å²) in [6.07, 6.45) is 2.45. The predicted molar refractivity (Wildman–Crippen MR) is 220 cm³/mol.